The summed E-state index contributed by atoms with van der Waals surface area (Å²) in [7, 11) is -4.67. The molecule has 15 heteroatoms. The molecule has 4 aliphatic rings. The number of fused-ring (bicyclic) bond motifs is 14. The topological polar surface area (TPSA) is 155 Å². The highest BCUT2D eigenvalue weighted by Crippen LogP contribution is 2.43. The van der Waals surface area contributed by atoms with Crippen molar-refractivity contribution in [3.63, 3.8) is 0 Å². The monoisotopic (exact) mass is 746 g/mol. The van der Waals surface area contributed by atoms with E-state index in [1.165, 1.54) is 0 Å². The zero-order valence-corrected chi connectivity index (χ0v) is 30.6. The number of hydrogen-bond acceptors (Lipinski definition) is 12. The summed E-state index contributed by atoms with van der Waals surface area (Å²) < 4.78 is 28.3. The molecule has 0 atom stereocenters. The van der Waals surface area contributed by atoms with Gasteiger partial charge in [0.1, 0.15) is 35.8 Å². The minimum Gasteiger partial charge on any atom is -0.464 e. The number of aliphatic imine (C=N–C) groups is 4. The van der Waals surface area contributed by atoms with Gasteiger partial charge in [0.05, 0.1) is 13.2 Å². The lowest BCUT2D eigenvalue weighted by atomic mass is 10.1. The first-order valence-corrected chi connectivity index (χ1v) is 19.5. The van der Waals surface area contributed by atoms with Crippen LogP contribution in [0.15, 0.2) is 127 Å². The number of rotatable bonds is 8. The number of nitrogens with zero attached hydrogens (tertiary/aromatic N) is 8. The average Bonchev–Trinajstić information content (AvgIpc) is 3.92. The number of aromatic nitrogens is 2. The molecular formula is C40H30N8O6Si. The third-order valence-corrected chi connectivity index (χ3v) is 12.7. The Morgan fingerprint density at radius 1 is 0.491 bits per heavy atom. The zero-order valence-electron chi connectivity index (χ0n) is 29.6. The van der Waals surface area contributed by atoms with Gasteiger partial charge in [-0.3, -0.25) is 8.47 Å². The van der Waals surface area contributed by atoms with Crippen molar-refractivity contribution in [1.82, 2.24) is 8.47 Å². The van der Waals surface area contributed by atoms with Crippen molar-refractivity contribution in [3.8, 4) is 0 Å². The van der Waals surface area contributed by atoms with E-state index in [1.807, 2.05) is 97.1 Å². The number of ether oxygens (including phenoxy) is 2. The highest BCUT2D eigenvalue weighted by molar-refractivity contribution is 6.66. The van der Waals surface area contributed by atoms with E-state index in [2.05, 4.69) is 0 Å². The molecule has 0 fully saturated rings. The van der Waals surface area contributed by atoms with Crippen molar-refractivity contribution in [3.05, 3.63) is 130 Å². The molecule has 6 bridgehead atoms. The van der Waals surface area contributed by atoms with Crippen molar-refractivity contribution in [2.45, 2.75) is 13.8 Å². The van der Waals surface area contributed by atoms with Crippen LogP contribution >= 0.6 is 0 Å². The van der Waals surface area contributed by atoms with Crippen LogP contribution in [0.4, 0.5) is 11.6 Å². The molecule has 270 valence electrons. The molecule has 0 amide bonds. The molecule has 0 radical (unpaired) electrons. The average molecular weight is 747 g/mol. The van der Waals surface area contributed by atoms with Gasteiger partial charge in [0.2, 0.25) is 0 Å². The van der Waals surface area contributed by atoms with Gasteiger partial charge in [0.25, 0.3) is 0 Å². The first-order valence-electron chi connectivity index (χ1n) is 17.8. The Morgan fingerprint density at radius 3 is 1.25 bits per heavy atom. The lowest BCUT2D eigenvalue weighted by molar-refractivity contribution is -0.147. The predicted octanol–water partition coefficient (Wildman–Crippen LogP) is 4.53. The zero-order chi connectivity index (χ0) is 37.3. The Kier molecular flexibility index (Phi) is 7.62. The summed E-state index contributed by atoms with van der Waals surface area (Å²) in [4.78, 5) is 58.0. The van der Waals surface area contributed by atoms with Crippen molar-refractivity contribution < 1.29 is 27.9 Å². The van der Waals surface area contributed by atoms with Crippen molar-refractivity contribution in [2.75, 3.05) is 26.4 Å². The molecule has 0 unspecified atom stereocenters. The molecule has 2 aromatic heterocycles. The SMILES string of the molecule is CCOC(=O)CO[Si]1(OCC(=O)OCC)n2c3c4ccccc4c2N=C2N=C(N=c4c5ccccc5c(n41)=NC1=NC(=N3)c3ccccc31)c1ccccc12. The molecule has 4 aliphatic heterocycles. The Morgan fingerprint density at radius 2 is 0.855 bits per heavy atom. The summed E-state index contributed by atoms with van der Waals surface area (Å²) in [5, 5.41) is 2.76. The lowest BCUT2D eigenvalue weighted by Crippen LogP contribution is -2.64. The number of amidine groups is 4. The fourth-order valence-corrected chi connectivity index (χ4v) is 10.6. The predicted molar refractivity (Wildman–Crippen MR) is 206 cm³/mol. The van der Waals surface area contributed by atoms with Gasteiger partial charge in [-0.05, 0) is 13.8 Å². The molecule has 4 aromatic carbocycles. The van der Waals surface area contributed by atoms with E-state index >= 15 is 0 Å². The Labute approximate surface area is 313 Å². The van der Waals surface area contributed by atoms with Gasteiger partial charge in [-0.2, -0.15) is 0 Å². The molecule has 0 aliphatic carbocycles. The smallest absolute Gasteiger partial charge is 0.464 e. The Hall–Kier alpha value is -6.68. The van der Waals surface area contributed by atoms with Crippen molar-refractivity contribution >= 4 is 77.3 Å². The third kappa shape index (κ3) is 5.01. The minimum atomic E-state index is -4.67. The van der Waals surface area contributed by atoms with Crippen LogP contribution in [0.2, 0.25) is 0 Å². The third-order valence-electron chi connectivity index (χ3n) is 9.69. The second kappa shape index (κ2) is 12.7. The first kappa shape index (κ1) is 32.9. The molecule has 55 heavy (non-hydrogen) atoms. The molecular weight excluding hydrogens is 717 g/mol. The summed E-state index contributed by atoms with van der Waals surface area (Å²) in [5.74, 6) is 1.09. The van der Waals surface area contributed by atoms with Crippen LogP contribution in [-0.4, -0.2) is 79.1 Å². The quantitative estimate of drug-likeness (QED) is 0.165. The fraction of sp³-hybridized carbons (Fsp3) is 0.150. The van der Waals surface area contributed by atoms with Gasteiger partial charge in [0.15, 0.2) is 23.3 Å². The van der Waals surface area contributed by atoms with E-state index < -0.39 is 34.0 Å². The van der Waals surface area contributed by atoms with Gasteiger partial charge >= 0.3 is 20.8 Å². The van der Waals surface area contributed by atoms with E-state index in [9.17, 15) is 9.59 Å². The van der Waals surface area contributed by atoms with Gasteiger partial charge in [-0.15, -0.1) is 0 Å². The number of hydrogen-bond donors (Lipinski definition) is 0. The van der Waals surface area contributed by atoms with E-state index in [0.717, 1.165) is 22.3 Å². The standard InChI is InChI=1S/C40H30N8O6Si/c1-3-51-31(49)21-53-55(54-22-32(50)52-4-2)47-37-27-17-9-10-18-28(27)39(47)45-35-25-15-7-8-16-26(25)36(42-35)46-40-30-20-12-11-19-29(30)38(48(40)55)44-34-24-14-6-5-13-23(24)33(41-34)43-37/h5-20H,3-4,21-22H2,1-2H3. The molecule has 6 heterocycles. The number of carbonyl (C=O) groups is 2. The number of carbonyl (C=O) groups excluding carboxylic acids is 2. The van der Waals surface area contributed by atoms with Crippen LogP contribution < -0.4 is 11.0 Å². The minimum absolute atomic E-state index is 0.121. The van der Waals surface area contributed by atoms with E-state index in [0.29, 0.717) is 67.5 Å². The highest BCUT2D eigenvalue weighted by atomic mass is 28.4. The van der Waals surface area contributed by atoms with Gasteiger partial charge in [-0.25, -0.2) is 39.5 Å². The van der Waals surface area contributed by atoms with E-state index in [1.54, 1.807) is 22.3 Å². The van der Waals surface area contributed by atoms with Gasteiger partial charge in [-0.1, -0.05) is 97.1 Å². The van der Waals surface area contributed by atoms with Crippen LogP contribution in [0.25, 0.3) is 21.5 Å². The summed E-state index contributed by atoms with van der Waals surface area (Å²) in [6, 6.07) is 30.9. The van der Waals surface area contributed by atoms with Crippen LogP contribution in [0.5, 0.6) is 0 Å². The van der Waals surface area contributed by atoms with Crippen LogP contribution in [0.3, 0.4) is 0 Å². The second-order valence-corrected chi connectivity index (χ2v) is 15.4. The first-order chi connectivity index (χ1) is 27.0. The summed E-state index contributed by atoms with van der Waals surface area (Å²) in [5.41, 5.74) is 3.84. The maximum absolute atomic E-state index is 13.4. The van der Waals surface area contributed by atoms with Crippen LogP contribution in [-0.2, 0) is 27.9 Å². The molecule has 0 saturated carbocycles. The molecule has 6 aromatic rings. The molecule has 0 saturated heterocycles. The van der Waals surface area contributed by atoms with Crippen molar-refractivity contribution in [2.24, 2.45) is 30.0 Å². The van der Waals surface area contributed by atoms with E-state index in [-0.39, 0.29) is 13.2 Å². The summed E-state index contributed by atoms with van der Waals surface area (Å²) >= 11 is 0. The maximum atomic E-state index is 13.4. The van der Waals surface area contributed by atoms with Gasteiger partial charge in [0, 0.05) is 43.8 Å². The summed E-state index contributed by atoms with van der Waals surface area (Å²) in [6.45, 7) is 2.56. The number of esters is 2. The van der Waals surface area contributed by atoms with Crippen LogP contribution in [0, 0.1) is 0 Å². The summed E-state index contributed by atoms with van der Waals surface area (Å²) in [6.07, 6.45) is 0. The normalized spacial score (nSPS) is 15.5. The largest absolute Gasteiger partial charge is 0.604 e. The molecule has 0 N–H and O–H groups in total. The highest BCUT2D eigenvalue weighted by Gasteiger charge is 2.54. The Bertz CT molecular complexity index is 2740. The molecule has 10 rings (SSSR count). The maximum Gasteiger partial charge on any atom is 0.604 e. The van der Waals surface area contributed by atoms with E-state index in [4.69, 9.17) is 48.3 Å². The fourth-order valence-electron chi connectivity index (χ4n) is 7.45. The lowest BCUT2D eigenvalue weighted by Gasteiger charge is -2.32. The van der Waals surface area contributed by atoms with Gasteiger partial charge < -0.3 is 18.3 Å². The molecule has 14 nitrogen and oxygen atoms in total. The van der Waals surface area contributed by atoms with Crippen LogP contribution in [0.1, 0.15) is 36.1 Å². The Balaban J connectivity index is 1.47. The second-order valence-electron chi connectivity index (χ2n) is 12.8. The number of benzene rings is 4. The van der Waals surface area contributed by atoms with Crippen molar-refractivity contribution in [1.29, 1.82) is 0 Å². The molecule has 0 spiro atoms.